The zero-order chi connectivity index (χ0) is 24.2. The summed E-state index contributed by atoms with van der Waals surface area (Å²) in [5.41, 5.74) is 4.26. The number of nitrogens with one attached hydrogen (secondary N) is 1. The number of hydrazone groups is 1. The number of hydrogen-bond acceptors (Lipinski definition) is 6. The monoisotopic (exact) mass is 653 g/mol. The molecule has 0 saturated carbocycles. The quantitative estimate of drug-likeness (QED) is 0.103. The maximum atomic E-state index is 12.3. The van der Waals surface area contributed by atoms with Crippen LogP contribution in [-0.4, -0.2) is 17.0 Å². The van der Waals surface area contributed by atoms with Gasteiger partial charge in [-0.15, -0.1) is 0 Å². The second kappa shape index (κ2) is 10.5. The number of non-ortho nitro benzene ring substituents is 1. The van der Waals surface area contributed by atoms with Crippen molar-refractivity contribution in [1.29, 1.82) is 0 Å². The van der Waals surface area contributed by atoms with Crippen molar-refractivity contribution in [3.05, 3.63) is 101 Å². The number of amides is 1. The van der Waals surface area contributed by atoms with E-state index < -0.39 is 10.8 Å². The average Bonchev–Trinajstić information content (AvgIpc) is 3.23. The summed E-state index contributed by atoms with van der Waals surface area (Å²) in [6.45, 7) is 0.361. The van der Waals surface area contributed by atoms with Gasteiger partial charge in [0.2, 0.25) is 0 Å². The average molecular weight is 655 g/mol. The molecule has 1 aromatic heterocycles. The van der Waals surface area contributed by atoms with E-state index in [0.717, 1.165) is 9.13 Å². The largest absolute Gasteiger partial charge is 0.486 e. The SMILES string of the molecule is O=C(N/N=C/c1cc(Cl)c(OCc2ccc(I)cc2)c(Br)c1)c1cc2cc([N+](=O)[O-])ccc2o1. The van der Waals surface area contributed by atoms with Crippen LogP contribution in [0.4, 0.5) is 5.69 Å². The summed E-state index contributed by atoms with van der Waals surface area (Å²) in [5.74, 6) is -0.123. The third kappa shape index (κ3) is 5.75. The van der Waals surface area contributed by atoms with E-state index in [0.29, 0.717) is 38.4 Å². The van der Waals surface area contributed by atoms with E-state index in [2.05, 4.69) is 49.0 Å². The maximum absolute atomic E-state index is 12.3. The number of hydrogen-bond donors (Lipinski definition) is 1. The zero-order valence-corrected chi connectivity index (χ0v) is 21.6. The summed E-state index contributed by atoms with van der Waals surface area (Å²) in [6.07, 6.45) is 1.42. The van der Waals surface area contributed by atoms with Gasteiger partial charge in [0.15, 0.2) is 11.5 Å². The zero-order valence-electron chi connectivity index (χ0n) is 17.1. The standard InChI is InChI=1S/C23H14BrClIN3O5/c24-18-7-14(8-19(25)22(18)33-12-13-1-3-16(26)4-2-13)11-27-28-23(30)21-10-15-9-17(29(31)32)5-6-20(15)34-21/h1-11H,12H2,(H,28,30)/b27-11+. The molecule has 0 saturated heterocycles. The summed E-state index contributed by atoms with van der Waals surface area (Å²) in [7, 11) is 0. The van der Waals surface area contributed by atoms with Crippen molar-refractivity contribution in [3.8, 4) is 5.75 Å². The van der Waals surface area contributed by atoms with Crippen molar-refractivity contribution in [2.75, 3.05) is 0 Å². The van der Waals surface area contributed by atoms with Crippen LogP contribution in [0.2, 0.25) is 5.02 Å². The Morgan fingerprint density at radius 1 is 1.21 bits per heavy atom. The van der Waals surface area contributed by atoms with Crippen LogP contribution in [-0.2, 0) is 6.61 Å². The number of halogens is 3. The van der Waals surface area contributed by atoms with E-state index in [1.165, 1.54) is 30.5 Å². The summed E-state index contributed by atoms with van der Waals surface area (Å²) in [4.78, 5) is 22.7. The molecule has 4 rings (SSSR count). The van der Waals surface area contributed by atoms with Gasteiger partial charge in [-0.2, -0.15) is 5.10 Å². The van der Waals surface area contributed by atoms with Gasteiger partial charge in [-0.05, 0) is 86.0 Å². The molecule has 8 nitrogen and oxygen atoms in total. The molecule has 0 aliphatic rings. The fraction of sp³-hybridized carbons (Fsp3) is 0.0435. The lowest BCUT2D eigenvalue weighted by atomic mass is 10.2. The van der Waals surface area contributed by atoms with Crippen LogP contribution in [0.1, 0.15) is 21.7 Å². The van der Waals surface area contributed by atoms with Crippen LogP contribution in [0.25, 0.3) is 11.0 Å². The van der Waals surface area contributed by atoms with Crippen molar-refractivity contribution in [2.24, 2.45) is 5.10 Å². The lowest BCUT2D eigenvalue weighted by Gasteiger charge is -2.11. The van der Waals surface area contributed by atoms with Gasteiger partial charge in [0.25, 0.3) is 5.69 Å². The number of furan rings is 1. The van der Waals surface area contributed by atoms with Crippen molar-refractivity contribution < 1.29 is 18.9 Å². The second-order valence-electron chi connectivity index (χ2n) is 7.02. The number of fused-ring (bicyclic) bond motifs is 1. The lowest BCUT2D eigenvalue weighted by Crippen LogP contribution is -2.16. The van der Waals surface area contributed by atoms with Gasteiger partial charge in [0.05, 0.1) is 20.6 Å². The molecule has 0 spiro atoms. The van der Waals surface area contributed by atoms with Crippen molar-refractivity contribution in [3.63, 3.8) is 0 Å². The summed E-state index contributed by atoms with van der Waals surface area (Å²) >= 11 is 12.1. The number of carbonyl (C=O) groups excluding carboxylic acids is 1. The molecule has 0 bridgehead atoms. The molecular weight excluding hydrogens is 641 g/mol. The minimum absolute atomic E-state index is 0.0220. The van der Waals surface area contributed by atoms with E-state index >= 15 is 0 Å². The number of benzene rings is 3. The first-order valence-corrected chi connectivity index (χ1v) is 11.9. The van der Waals surface area contributed by atoms with Gasteiger partial charge in [0, 0.05) is 21.1 Å². The number of nitro groups is 1. The van der Waals surface area contributed by atoms with Crippen molar-refractivity contribution in [2.45, 2.75) is 6.61 Å². The van der Waals surface area contributed by atoms with Crippen LogP contribution in [0, 0.1) is 13.7 Å². The van der Waals surface area contributed by atoms with E-state index in [4.69, 9.17) is 20.8 Å². The molecule has 11 heteroatoms. The predicted molar refractivity (Wildman–Crippen MR) is 141 cm³/mol. The molecule has 34 heavy (non-hydrogen) atoms. The minimum atomic E-state index is -0.599. The minimum Gasteiger partial charge on any atom is -0.486 e. The predicted octanol–water partition coefficient (Wildman–Crippen LogP) is 6.70. The number of rotatable bonds is 7. The van der Waals surface area contributed by atoms with Gasteiger partial charge < -0.3 is 9.15 Å². The molecular formula is C23H14BrClIN3O5. The number of ether oxygens (including phenoxy) is 1. The van der Waals surface area contributed by atoms with E-state index in [1.54, 1.807) is 12.1 Å². The molecule has 0 atom stereocenters. The first-order chi connectivity index (χ1) is 16.3. The topological polar surface area (TPSA) is 107 Å². The molecule has 0 radical (unpaired) electrons. The van der Waals surface area contributed by atoms with Gasteiger partial charge >= 0.3 is 5.91 Å². The molecule has 0 aliphatic carbocycles. The van der Waals surface area contributed by atoms with Gasteiger partial charge in [0.1, 0.15) is 12.2 Å². The molecule has 172 valence electrons. The highest BCUT2D eigenvalue weighted by molar-refractivity contribution is 14.1. The first-order valence-electron chi connectivity index (χ1n) is 9.68. The van der Waals surface area contributed by atoms with E-state index in [9.17, 15) is 14.9 Å². The summed E-state index contributed by atoms with van der Waals surface area (Å²) in [5, 5.41) is 15.7. The number of nitrogens with zero attached hydrogens (tertiary/aromatic N) is 2. The van der Waals surface area contributed by atoms with Crippen LogP contribution in [0.15, 0.2) is 74.7 Å². The Morgan fingerprint density at radius 3 is 2.68 bits per heavy atom. The third-order valence-electron chi connectivity index (χ3n) is 4.63. The fourth-order valence-corrected chi connectivity index (χ4v) is 4.35. The Morgan fingerprint density at radius 2 is 1.97 bits per heavy atom. The van der Waals surface area contributed by atoms with Gasteiger partial charge in [-0.1, -0.05) is 23.7 Å². The Bertz CT molecular complexity index is 1400. The third-order valence-corrected chi connectivity index (χ3v) is 6.22. The highest BCUT2D eigenvalue weighted by Crippen LogP contribution is 2.34. The Hall–Kier alpha value is -2.96. The molecule has 4 aromatic rings. The molecule has 3 aromatic carbocycles. The van der Waals surface area contributed by atoms with Crippen LogP contribution in [0.3, 0.4) is 0 Å². The molecule has 0 fully saturated rings. The molecule has 0 unspecified atom stereocenters. The van der Waals surface area contributed by atoms with Gasteiger partial charge in [-0.25, -0.2) is 5.43 Å². The Balaban J connectivity index is 1.41. The highest BCUT2D eigenvalue weighted by atomic mass is 127. The van der Waals surface area contributed by atoms with E-state index in [-0.39, 0.29) is 11.4 Å². The normalized spacial score (nSPS) is 11.1. The Kier molecular flexibility index (Phi) is 7.49. The van der Waals surface area contributed by atoms with E-state index in [1.807, 2.05) is 24.3 Å². The van der Waals surface area contributed by atoms with Crippen LogP contribution >= 0.6 is 50.1 Å². The molecule has 0 aliphatic heterocycles. The Labute approximate surface area is 220 Å². The molecule has 1 amide bonds. The first kappa shape index (κ1) is 24.2. The highest BCUT2D eigenvalue weighted by Gasteiger charge is 2.15. The van der Waals surface area contributed by atoms with Crippen molar-refractivity contribution in [1.82, 2.24) is 5.43 Å². The lowest BCUT2D eigenvalue weighted by molar-refractivity contribution is -0.384. The van der Waals surface area contributed by atoms with Crippen LogP contribution in [0.5, 0.6) is 5.75 Å². The number of carbonyl (C=O) groups is 1. The van der Waals surface area contributed by atoms with Crippen LogP contribution < -0.4 is 10.2 Å². The summed E-state index contributed by atoms with van der Waals surface area (Å²) in [6, 6.07) is 16.9. The molecule has 1 N–H and O–H groups in total. The second-order valence-corrected chi connectivity index (χ2v) is 9.53. The number of nitro benzene ring substituents is 1. The summed E-state index contributed by atoms with van der Waals surface area (Å²) < 4.78 is 13.1. The van der Waals surface area contributed by atoms with Crippen molar-refractivity contribution >= 4 is 78.9 Å². The fourth-order valence-electron chi connectivity index (χ4n) is 3.00. The molecule has 1 heterocycles. The smallest absolute Gasteiger partial charge is 0.307 e. The van der Waals surface area contributed by atoms with Gasteiger partial charge in [-0.3, -0.25) is 14.9 Å². The maximum Gasteiger partial charge on any atom is 0.307 e.